The zero-order chi connectivity index (χ0) is 12.4. The molecule has 0 saturated carbocycles. The number of carbonyl (C=O) groups excluding carboxylic acids is 1. The second-order valence-corrected chi connectivity index (χ2v) is 3.90. The normalized spacial score (nSPS) is 10.8. The number of aliphatic hydroxyl groups is 1. The number of ketones is 1. The van der Waals surface area contributed by atoms with Crippen LogP contribution in [-0.2, 0) is 6.54 Å². The molecule has 0 saturated heterocycles. The Kier molecular flexibility index (Phi) is 3.15. The third-order valence-corrected chi connectivity index (χ3v) is 2.81. The van der Waals surface area contributed by atoms with Gasteiger partial charge in [-0.3, -0.25) is 4.79 Å². The number of aliphatic hydroxyl groups excluding tert-OH is 1. The Balaban J connectivity index is 2.67. The Morgan fingerprint density at radius 1 is 1.47 bits per heavy atom. The molecule has 0 radical (unpaired) electrons. The van der Waals surface area contributed by atoms with Crippen LogP contribution >= 0.6 is 0 Å². The molecule has 1 N–H and O–H groups in total. The first-order chi connectivity index (χ1) is 8.17. The highest BCUT2D eigenvalue weighted by Crippen LogP contribution is 2.26. The summed E-state index contributed by atoms with van der Waals surface area (Å²) in [5.41, 5.74) is 1.58. The summed E-state index contributed by atoms with van der Waals surface area (Å²) in [4.78, 5) is 11.5. The summed E-state index contributed by atoms with van der Waals surface area (Å²) < 4.78 is 7.03. The van der Waals surface area contributed by atoms with Crippen molar-refractivity contribution in [2.24, 2.45) is 0 Å². The largest absolute Gasteiger partial charge is 0.497 e. The van der Waals surface area contributed by atoms with Gasteiger partial charge in [-0.05, 0) is 19.1 Å². The van der Waals surface area contributed by atoms with Gasteiger partial charge in [0.1, 0.15) is 5.75 Å². The highest BCUT2D eigenvalue weighted by atomic mass is 16.5. The molecule has 17 heavy (non-hydrogen) atoms. The third-order valence-electron chi connectivity index (χ3n) is 2.81. The second kappa shape index (κ2) is 4.59. The van der Waals surface area contributed by atoms with Crippen LogP contribution in [-0.4, -0.2) is 29.2 Å². The van der Waals surface area contributed by atoms with Crippen LogP contribution in [0.1, 0.15) is 17.3 Å². The molecule has 0 unspecified atom stereocenters. The lowest BCUT2D eigenvalue weighted by molar-refractivity contribution is 0.101. The van der Waals surface area contributed by atoms with Gasteiger partial charge in [-0.15, -0.1) is 0 Å². The van der Waals surface area contributed by atoms with Crippen molar-refractivity contribution in [1.82, 2.24) is 4.57 Å². The van der Waals surface area contributed by atoms with E-state index in [4.69, 9.17) is 9.84 Å². The maximum atomic E-state index is 11.5. The van der Waals surface area contributed by atoms with E-state index in [2.05, 4.69) is 0 Å². The second-order valence-electron chi connectivity index (χ2n) is 3.90. The van der Waals surface area contributed by atoms with Crippen molar-refractivity contribution in [3.63, 3.8) is 0 Å². The quantitative estimate of drug-likeness (QED) is 0.820. The summed E-state index contributed by atoms with van der Waals surface area (Å²) in [6, 6.07) is 5.58. The van der Waals surface area contributed by atoms with Crippen LogP contribution in [0.25, 0.3) is 10.9 Å². The monoisotopic (exact) mass is 233 g/mol. The van der Waals surface area contributed by atoms with Crippen LogP contribution in [0.3, 0.4) is 0 Å². The molecule has 0 aliphatic rings. The van der Waals surface area contributed by atoms with Gasteiger partial charge < -0.3 is 14.4 Å². The zero-order valence-corrected chi connectivity index (χ0v) is 9.93. The molecule has 0 bridgehead atoms. The van der Waals surface area contributed by atoms with E-state index in [-0.39, 0.29) is 12.4 Å². The highest BCUT2D eigenvalue weighted by Gasteiger charge is 2.12. The van der Waals surface area contributed by atoms with E-state index in [9.17, 15) is 4.79 Å². The van der Waals surface area contributed by atoms with Crippen LogP contribution in [0.15, 0.2) is 24.4 Å². The van der Waals surface area contributed by atoms with E-state index < -0.39 is 0 Å². The average molecular weight is 233 g/mol. The molecular weight excluding hydrogens is 218 g/mol. The van der Waals surface area contributed by atoms with Crippen LogP contribution in [0.2, 0.25) is 0 Å². The Labute approximate surface area is 99.4 Å². The molecule has 0 aliphatic heterocycles. The van der Waals surface area contributed by atoms with E-state index in [0.717, 1.165) is 16.7 Å². The highest BCUT2D eigenvalue weighted by molar-refractivity contribution is 6.07. The molecule has 1 aromatic heterocycles. The Morgan fingerprint density at radius 3 is 2.82 bits per heavy atom. The van der Waals surface area contributed by atoms with Gasteiger partial charge in [0.2, 0.25) is 0 Å². The minimum Gasteiger partial charge on any atom is -0.497 e. The van der Waals surface area contributed by atoms with Gasteiger partial charge in [0.15, 0.2) is 5.78 Å². The zero-order valence-electron chi connectivity index (χ0n) is 9.93. The first-order valence-corrected chi connectivity index (χ1v) is 5.46. The van der Waals surface area contributed by atoms with Crippen molar-refractivity contribution < 1.29 is 14.6 Å². The standard InChI is InChI=1S/C13H15NO3/c1-9(16)12-8-14(5-6-15)13-7-10(17-2)3-4-11(12)13/h3-4,7-8,15H,5-6H2,1-2H3. The Hall–Kier alpha value is -1.81. The fourth-order valence-electron chi connectivity index (χ4n) is 1.97. The lowest BCUT2D eigenvalue weighted by atomic mass is 10.1. The van der Waals surface area contributed by atoms with E-state index >= 15 is 0 Å². The summed E-state index contributed by atoms with van der Waals surface area (Å²) in [5, 5.41) is 9.91. The number of benzene rings is 1. The SMILES string of the molecule is COc1ccc2c(C(C)=O)cn(CCO)c2c1. The Bertz CT molecular complexity index is 557. The molecule has 0 fully saturated rings. The van der Waals surface area contributed by atoms with Gasteiger partial charge in [0, 0.05) is 29.8 Å². The lowest BCUT2D eigenvalue weighted by Crippen LogP contribution is -2.00. The molecule has 0 aliphatic carbocycles. The molecule has 0 atom stereocenters. The topological polar surface area (TPSA) is 51.5 Å². The summed E-state index contributed by atoms with van der Waals surface area (Å²) in [6.45, 7) is 2.05. The van der Waals surface area contributed by atoms with Crippen LogP contribution in [0.4, 0.5) is 0 Å². The minimum absolute atomic E-state index is 0.0249. The lowest BCUT2D eigenvalue weighted by Gasteiger charge is -2.04. The smallest absolute Gasteiger partial charge is 0.161 e. The van der Waals surface area contributed by atoms with Gasteiger partial charge >= 0.3 is 0 Å². The molecule has 1 heterocycles. The van der Waals surface area contributed by atoms with Crippen molar-refractivity contribution in [1.29, 1.82) is 0 Å². The molecule has 0 spiro atoms. The minimum atomic E-state index is 0.0249. The van der Waals surface area contributed by atoms with Crippen molar-refractivity contribution in [2.75, 3.05) is 13.7 Å². The molecule has 4 heteroatoms. The maximum absolute atomic E-state index is 11.5. The van der Waals surface area contributed by atoms with Crippen molar-refractivity contribution in [3.8, 4) is 5.75 Å². The van der Waals surface area contributed by atoms with Crippen LogP contribution < -0.4 is 4.74 Å². The molecule has 1 aromatic carbocycles. The first kappa shape index (κ1) is 11.7. The van der Waals surface area contributed by atoms with Crippen molar-refractivity contribution >= 4 is 16.7 Å². The number of Topliss-reactive ketones (excluding diaryl/α,β-unsaturated/α-hetero) is 1. The average Bonchev–Trinajstić information content (AvgIpc) is 2.68. The molecule has 2 rings (SSSR count). The molecule has 2 aromatic rings. The van der Waals surface area contributed by atoms with Gasteiger partial charge in [0.05, 0.1) is 19.2 Å². The summed E-state index contributed by atoms with van der Waals surface area (Å²) in [7, 11) is 1.60. The van der Waals surface area contributed by atoms with E-state index in [1.165, 1.54) is 0 Å². The summed E-state index contributed by atoms with van der Waals surface area (Å²) in [5.74, 6) is 0.766. The van der Waals surface area contributed by atoms with E-state index in [1.54, 1.807) is 20.2 Å². The number of hydrogen-bond donors (Lipinski definition) is 1. The predicted molar refractivity (Wildman–Crippen MR) is 65.6 cm³/mol. The van der Waals surface area contributed by atoms with Crippen LogP contribution in [0, 0.1) is 0 Å². The molecule has 4 nitrogen and oxygen atoms in total. The summed E-state index contributed by atoms with van der Waals surface area (Å²) in [6.07, 6.45) is 1.78. The number of nitrogens with zero attached hydrogens (tertiary/aromatic N) is 1. The van der Waals surface area contributed by atoms with E-state index in [0.29, 0.717) is 12.1 Å². The van der Waals surface area contributed by atoms with Crippen molar-refractivity contribution in [3.05, 3.63) is 30.0 Å². The van der Waals surface area contributed by atoms with Gasteiger partial charge in [-0.1, -0.05) is 0 Å². The number of aromatic nitrogens is 1. The van der Waals surface area contributed by atoms with E-state index in [1.807, 2.05) is 22.8 Å². The summed E-state index contributed by atoms with van der Waals surface area (Å²) >= 11 is 0. The molecule has 90 valence electrons. The first-order valence-electron chi connectivity index (χ1n) is 5.46. The van der Waals surface area contributed by atoms with Gasteiger partial charge in [-0.25, -0.2) is 0 Å². The predicted octanol–water partition coefficient (Wildman–Crippen LogP) is 1.84. The van der Waals surface area contributed by atoms with Crippen molar-refractivity contribution in [2.45, 2.75) is 13.5 Å². The van der Waals surface area contributed by atoms with Gasteiger partial charge in [0.25, 0.3) is 0 Å². The van der Waals surface area contributed by atoms with Crippen LogP contribution in [0.5, 0.6) is 5.75 Å². The number of methoxy groups -OCH3 is 1. The number of carbonyl (C=O) groups is 1. The third kappa shape index (κ3) is 2.03. The number of hydrogen-bond acceptors (Lipinski definition) is 3. The molecule has 0 amide bonds. The fraction of sp³-hybridized carbons (Fsp3) is 0.308. The number of rotatable bonds is 4. The number of ether oxygens (including phenoxy) is 1. The van der Waals surface area contributed by atoms with Gasteiger partial charge in [-0.2, -0.15) is 0 Å². The Morgan fingerprint density at radius 2 is 2.24 bits per heavy atom. The fourth-order valence-corrected chi connectivity index (χ4v) is 1.97. The maximum Gasteiger partial charge on any atom is 0.161 e. The number of fused-ring (bicyclic) bond motifs is 1. The molecular formula is C13H15NO3.